The van der Waals surface area contributed by atoms with Crippen molar-refractivity contribution in [1.29, 1.82) is 0 Å². The summed E-state index contributed by atoms with van der Waals surface area (Å²) in [5.74, 6) is 0. The molecule has 1 aliphatic heterocycles. The first-order chi connectivity index (χ1) is 9.72. The number of allylic oxidation sites excluding steroid dienone is 2. The van der Waals surface area contributed by atoms with Crippen molar-refractivity contribution in [2.75, 3.05) is 0 Å². The first kappa shape index (κ1) is 14.7. The van der Waals surface area contributed by atoms with Gasteiger partial charge in [0.25, 0.3) is 0 Å². The monoisotopic (exact) mass is 395 g/mol. The number of halogens is 2. The van der Waals surface area contributed by atoms with Gasteiger partial charge in [-0.15, -0.1) is 0 Å². The van der Waals surface area contributed by atoms with Crippen molar-refractivity contribution >= 4 is 30.5 Å². The van der Waals surface area contributed by atoms with Gasteiger partial charge in [0.1, 0.15) is 0 Å². The summed E-state index contributed by atoms with van der Waals surface area (Å²) in [6.07, 6.45) is 4.41. The molecule has 0 saturated heterocycles. The van der Waals surface area contributed by atoms with Crippen LogP contribution < -0.4 is 0 Å². The van der Waals surface area contributed by atoms with Crippen molar-refractivity contribution < 1.29 is 19.4 Å². The van der Waals surface area contributed by atoms with Gasteiger partial charge in [0.05, 0.1) is 0 Å². The Morgan fingerprint density at radius 3 is 2.05 bits per heavy atom. The average molecular weight is 397 g/mol. The van der Waals surface area contributed by atoms with E-state index in [-0.39, 0.29) is 2.86 Å². The van der Waals surface area contributed by atoms with Gasteiger partial charge >= 0.3 is 137 Å². The standard InChI is InChI=1S/C16H12P.2ClH.Zr/c1-3-7-13(8-4-1)15-11-12-16(17-15)14-9-5-2-6-10-14;;;/h1-12H;2*1H;/q;;;+2/p-2. The minimum atomic E-state index is -2.52. The summed E-state index contributed by atoms with van der Waals surface area (Å²) in [6.45, 7) is 0. The van der Waals surface area contributed by atoms with E-state index in [4.69, 9.17) is 17.0 Å². The summed E-state index contributed by atoms with van der Waals surface area (Å²) in [5, 5.41) is 1.30. The molecule has 0 aliphatic carbocycles. The molecule has 0 saturated carbocycles. The molecular weight excluding hydrogens is 385 g/mol. The maximum atomic E-state index is 6.52. The van der Waals surface area contributed by atoms with Gasteiger partial charge in [0, 0.05) is 0 Å². The fourth-order valence-corrected chi connectivity index (χ4v) is 10.1. The topological polar surface area (TPSA) is 0 Å². The average Bonchev–Trinajstić information content (AvgIpc) is 2.96. The summed E-state index contributed by atoms with van der Waals surface area (Å²) in [7, 11) is 14.3. The molecule has 2 aromatic carbocycles. The van der Waals surface area contributed by atoms with Gasteiger partial charge in [0.2, 0.25) is 0 Å². The van der Waals surface area contributed by atoms with E-state index in [9.17, 15) is 0 Å². The second-order valence-corrected chi connectivity index (χ2v) is 15.9. The van der Waals surface area contributed by atoms with Crippen LogP contribution in [0.4, 0.5) is 0 Å². The Morgan fingerprint density at radius 2 is 1.45 bits per heavy atom. The molecular formula is C16H12Cl2PZr. The quantitative estimate of drug-likeness (QED) is 0.600. The second kappa shape index (κ2) is 6.29. The number of benzene rings is 2. The zero-order chi connectivity index (χ0) is 14.0. The molecule has 20 heavy (non-hydrogen) atoms. The van der Waals surface area contributed by atoms with Gasteiger partial charge < -0.3 is 0 Å². The Balaban J connectivity index is 2.08. The predicted octanol–water partition coefficient (Wildman–Crippen LogP) is 5.50. The summed E-state index contributed by atoms with van der Waals surface area (Å²) < 4.78 is -0.155. The van der Waals surface area contributed by atoms with Gasteiger partial charge in [-0.2, -0.15) is 0 Å². The fourth-order valence-electron chi connectivity index (χ4n) is 2.30. The molecule has 0 amide bonds. The van der Waals surface area contributed by atoms with Crippen LogP contribution in [0.3, 0.4) is 0 Å². The van der Waals surface area contributed by atoms with E-state index >= 15 is 0 Å². The van der Waals surface area contributed by atoms with Crippen LogP contribution in [0, 0.1) is 0 Å². The molecule has 2 aromatic rings. The molecule has 1 aliphatic rings. The van der Waals surface area contributed by atoms with Crippen molar-refractivity contribution in [1.82, 2.24) is 0 Å². The summed E-state index contributed by atoms with van der Waals surface area (Å²) in [5.41, 5.74) is 2.49. The first-order valence-electron chi connectivity index (χ1n) is 6.31. The Hall–Kier alpha value is -0.187. The van der Waals surface area contributed by atoms with Crippen LogP contribution in [0.25, 0.3) is 0 Å². The van der Waals surface area contributed by atoms with Crippen molar-refractivity contribution in [2.24, 2.45) is 0 Å². The van der Waals surface area contributed by atoms with Crippen LogP contribution in [-0.2, 0) is 22.2 Å². The molecule has 0 aromatic heterocycles. The third kappa shape index (κ3) is 2.75. The zero-order valence-corrected chi connectivity index (χ0v) is 15.5. The SMILES string of the molecule is [Cl][Zr]([Cl])[C]1(c2ccccc2)C=CC(c2ccccc2)=P1. The molecule has 3 rings (SSSR count). The van der Waals surface area contributed by atoms with E-state index < -0.39 is 19.4 Å². The van der Waals surface area contributed by atoms with Crippen molar-refractivity contribution in [3.8, 4) is 0 Å². The van der Waals surface area contributed by atoms with E-state index in [1.54, 1.807) is 0 Å². The zero-order valence-electron chi connectivity index (χ0n) is 10.6. The van der Waals surface area contributed by atoms with Crippen LogP contribution in [0.2, 0.25) is 0 Å². The van der Waals surface area contributed by atoms with Crippen molar-refractivity contribution in [2.45, 2.75) is 2.86 Å². The molecule has 1 unspecified atom stereocenters. The molecule has 0 spiro atoms. The van der Waals surface area contributed by atoms with E-state index in [2.05, 4.69) is 60.7 Å². The van der Waals surface area contributed by atoms with E-state index in [0.717, 1.165) is 0 Å². The molecule has 0 nitrogen and oxygen atoms in total. The minimum absolute atomic E-state index is 0.155. The van der Waals surface area contributed by atoms with Gasteiger partial charge in [-0.25, -0.2) is 0 Å². The molecule has 1 heterocycles. The van der Waals surface area contributed by atoms with Crippen LogP contribution >= 0.6 is 25.2 Å². The summed E-state index contributed by atoms with van der Waals surface area (Å²) in [6, 6.07) is 20.9. The Bertz CT molecular complexity index is 653. The van der Waals surface area contributed by atoms with Gasteiger partial charge in [-0.05, 0) is 0 Å². The molecule has 0 radical (unpaired) electrons. The van der Waals surface area contributed by atoms with Crippen molar-refractivity contribution in [3.63, 3.8) is 0 Å². The number of hydrogen-bond donors (Lipinski definition) is 0. The number of hydrogen-bond acceptors (Lipinski definition) is 0. The second-order valence-electron chi connectivity index (χ2n) is 4.59. The number of rotatable bonds is 3. The van der Waals surface area contributed by atoms with Gasteiger partial charge in [-0.1, -0.05) is 0 Å². The molecule has 99 valence electrons. The Labute approximate surface area is 136 Å². The summed E-state index contributed by atoms with van der Waals surface area (Å²) >= 11 is -2.52. The summed E-state index contributed by atoms with van der Waals surface area (Å²) in [4.78, 5) is 0. The third-order valence-corrected chi connectivity index (χ3v) is 14.5. The fraction of sp³-hybridized carbons (Fsp3) is 0.0625. The molecule has 0 bridgehead atoms. The molecule has 1 atom stereocenters. The van der Waals surface area contributed by atoms with Crippen molar-refractivity contribution in [3.05, 3.63) is 83.9 Å². The first-order valence-corrected chi connectivity index (χ1v) is 14.8. The van der Waals surface area contributed by atoms with Crippen LogP contribution in [0.15, 0.2) is 72.8 Å². The molecule has 0 fully saturated rings. The van der Waals surface area contributed by atoms with Crippen LogP contribution in [0.1, 0.15) is 11.1 Å². The Morgan fingerprint density at radius 1 is 0.850 bits per heavy atom. The third-order valence-electron chi connectivity index (χ3n) is 3.35. The van der Waals surface area contributed by atoms with Gasteiger partial charge in [-0.3, -0.25) is 0 Å². The van der Waals surface area contributed by atoms with Gasteiger partial charge in [0.15, 0.2) is 0 Å². The van der Waals surface area contributed by atoms with Crippen LogP contribution in [0.5, 0.6) is 0 Å². The van der Waals surface area contributed by atoms with E-state index in [1.165, 1.54) is 24.6 Å². The molecule has 0 N–H and O–H groups in total. The van der Waals surface area contributed by atoms with Crippen LogP contribution in [-0.4, -0.2) is 5.29 Å². The Kier molecular flexibility index (Phi) is 4.63. The normalized spacial score (nSPS) is 21.6. The predicted molar refractivity (Wildman–Crippen MR) is 86.4 cm³/mol. The maximum absolute atomic E-state index is 6.52. The van der Waals surface area contributed by atoms with E-state index in [1.807, 2.05) is 12.1 Å². The molecule has 4 heteroatoms. The van der Waals surface area contributed by atoms with E-state index in [0.29, 0.717) is 0 Å².